The van der Waals surface area contributed by atoms with Crippen LogP contribution in [0.15, 0.2) is 30.5 Å². The Kier molecular flexibility index (Phi) is 4.85. The summed E-state index contributed by atoms with van der Waals surface area (Å²) in [6.07, 6.45) is -3.79. The van der Waals surface area contributed by atoms with E-state index in [4.69, 9.17) is 4.74 Å². The average molecular weight is 460 g/mol. The van der Waals surface area contributed by atoms with E-state index in [2.05, 4.69) is 11.1 Å². The summed E-state index contributed by atoms with van der Waals surface area (Å²) in [6.45, 7) is 1.23. The van der Waals surface area contributed by atoms with Gasteiger partial charge in [0.15, 0.2) is 0 Å². The number of ether oxygens (including phenoxy) is 1. The van der Waals surface area contributed by atoms with Crippen molar-refractivity contribution in [2.75, 3.05) is 38.2 Å². The zero-order valence-electron chi connectivity index (χ0n) is 18.0. The Hall–Kier alpha value is -2.90. The van der Waals surface area contributed by atoms with E-state index in [1.165, 1.54) is 12.3 Å². The van der Waals surface area contributed by atoms with Crippen LogP contribution in [-0.4, -0.2) is 72.6 Å². The van der Waals surface area contributed by atoms with E-state index in [0.717, 1.165) is 0 Å². The molecule has 1 N–H and O–H groups in total. The molecule has 0 spiro atoms. The number of aromatic nitrogens is 1. The Morgan fingerprint density at radius 1 is 1.39 bits per heavy atom. The number of nitriles is 1. The van der Waals surface area contributed by atoms with E-state index in [1.807, 2.05) is 11.9 Å². The molecule has 33 heavy (non-hydrogen) atoms. The van der Waals surface area contributed by atoms with Crippen LogP contribution in [-0.2, 0) is 9.53 Å². The van der Waals surface area contributed by atoms with Crippen molar-refractivity contribution in [2.24, 2.45) is 10.8 Å². The molecule has 5 rings (SSSR count). The van der Waals surface area contributed by atoms with Gasteiger partial charge in [0.2, 0.25) is 0 Å². The number of carbonyl (C=O) groups is 1. The van der Waals surface area contributed by atoms with Crippen LogP contribution in [0, 0.1) is 22.2 Å². The Morgan fingerprint density at radius 2 is 2.18 bits per heavy atom. The number of carboxylic acids is 1. The summed E-state index contributed by atoms with van der Waals surface area (Å²) in [5.41, 5.74) is -3.10. The predicted molar refractivity (Wildman–Crippen MR) is 113 cm³/mol. The molecular weight excluding hydrogens is 437 g/mol. The van der Waals surface area contributed by atoms with Crippen LogP contribution in [0.1, 0.15) is 18.4 Å². The van der Waals surface area contributed by atoms with Crippen LogP contribution in [0.25, 0.3) is 10.9 Å². The molecule has 1 aromatic carbocycles. The molecule has 4 atom stereocenters. The number of morpholine rings is 1. The molecule has 2 aliphatic heterocycles. The fourth-order valence-electron chi connectivity index (χ4n) is 5.94. The SMILES string of the molecule is CN1CCOC(CC2N(c3ccc(C#N)c4ncccc34)CC3(C(F)(F)F)CC23C(=O)O)C1. The molecule has 4 unspecified atom stereocenters. The van der Waals surface area contributed by atoms with E-state index in [1.54, 1.807) is 23.1 Å². The van der Waals surface area contributed by atoms with E-state index < -0.39 is 42.0 Å². The van der Waals surface area contributed by atoms with Gasteiger partial charge in [-0.2, -0.15) is 18.4 Å². The standard InChI is InChI=1S/C23H23F3N4O3/c1-29-7-8-33-15(11-29)9-18-22(20(31)32)12-21(22,23(24,25)26)13-30(18)17-5-4-14(10-27)19-16(17)3-2-6-28-19/h2-6,15,18H,7-9,11-13H2,1H3,(H,31,32). The van der Waals surface area contributed by atoms with Gasteiger partial charge < -0.3 is 19.6 Å². The second kappa shape index (κ2) is 7.30. The van der Waals surface area contributed by atoms with Gasteiger partial charge in [0.05, 0.1) is 23.8 Å². The summed E-state index contributed by atoms with van der Waals surface area (Å²) < 4.78 is 48.9. The monoisotopic (exact) mass is 460 g/mol. The van der Waals surface area contributed by atoms with Gasteiger partial charge in [0, 0.05) is 42.9 Å². The fourth-order valence-corrected chi connectivity index (χ4v) is 5.94. The van der Waals surface area contributed by atoms with Crippen LogP contribution in [0.3, 0.4) is 0 Å². The highest BCUT2D eigenvalue weighted by Gasteiger charge is 2.89. The number of aliphatic carboxylic acids is 1. The third kappa shape index (κ3) is 3.02. The van der Waals surface area contributed by atoms with Gasteiger partial charge in [-0.3, -0.25) is 9.78 Å². The number of benzene rings is 1. The average Bonchev–Trinajstić information content (AvgIpc) is 3.39. The Morgan fingerprint density at radius 3 is 2.85 bits per heavy atom. The molecule has 3 heterocycles. The minimum Gasteiger partial charge on any atom is -0.481 e. The highest BCUT2D eigenvalue weighted by atomic mass is 19.4. The molecule has 3 fully saturated rings. The van der Waals surface area contributed by atoms with Crippen molar-refractivity contribution in [2.45, 2.75) is 31.2 Å². The smallest absolute Gasteiger partial charge is 0.397 e. The third-order valence-electron chi connectivity index (χ3n) is 7.62. The summed E-state index contributed by atoms with van der Waals surface area (Å²) in [4.78, 5) is 20.3. The van der Waals surface area contributed by atoms with Crippen molar-refractivity contribution in [1.29, 1.82) is 5.26 Å². The van der Waals surface area contributed by atoms with Gasteiger partial charge in [-0.05, 0) is 44.2 Å². The lowest BCUT2D eigenvalue weighted by atomic mass is 9.86. The summed E-state index contributed by atoms with van der Waals surface area (Å²) in [5.74, 6) is -1.42. The maximum absolute atomic E-state index is 14.3. The molecule has 2 saturated heterocycles. The fraction of sp³-hybridized carbons (Fsp3) is 0.522. The number of hydrogen-bond acceptors (Lipinski definition) is 6. The molecule has 0 radical (unpaired) electrons. The molecule has 1 aliphatic carbocycles. The lowest BCUT2D eigenvalue weighted by Crippen LogP contribution is -2.47. The number of rotatable bonds is 4. The first-order valence-corrected chi connectivity index (χ1v) is 10.8. The van der Waals surface area contributed by atoms with E-state index in [0.29, 0.717) is 41.9 Å². The Balaban J connectivity index is 1.64. The summed E-state index contributed by atoms with van der Waals surface area (Å²) in [6, 6.07) is 7.65. The van der Waals surface area contributed by atoms with E-state index in [9.17, 15) is 28.3 Å². The highest BCUT2D eigenvalue weighted by Crippen LogP contribution is 2.78. The third-order valence-corrected chi connectivity index (χ3v) is 7.62. The molecule has 0 bridgehead atoms. The maximum atomic E-state index is 14.3. The number of nitrogens with zero attached hydrogens (tertiary/aromatic N) is 4. The van der Waals surface area contributed by atoms with Crippen molar-refractivity contribution >= 4 is 22.6 Å². The van der Waals surface area contributed by atoms with Crippen molar-refractivity contribution in [3.05, 3.63) is 36.0 Å². The van der Waals surface area contributed by atoms with Crippen LogP contribution in [0.2, 0.25) is 0 Å². The van der Waals surface area contributed by atoms with Crippen LogP contribution in [0.5, 0.6) is 0 Å². The topological polar surface area (TPSA) is 89.7 Å². The Bertz CT molecular complexity index is 1170. The van der Waals surface area contributed by atoms with Crippen molar-refractivity contribution < 1.29 is 27.8 Å². The summed E-state index contributed by atoms with van der Waals surface area (Å²) in [7, 11) is 1.91. The van der Waals surface area contributed by atoms with Crippen molar-refractivity contribution in [1.82, 2.24) is 9.88 Å². The van der Waals surface area contributed by atoms with Crippen molar-refractivity contribution in [3.63, 3.8) is 0 Å². The maximum Gasteiger partial charge on any atom is 0.397 e. The number of halogens is 3. The van der Waals surface area contributed by atoms with E-state index in [-0.39, 0.29) is 12.5 Å². The molecule has 1 saturated carbocycles. The van der Waals surface area contributed by atoms with Crippen LogP contribution in [0.4, 0.5) is 18.9 Å². The lowest BCUT2D eigenvalue weighted by molar-refractivity contribution is -0.195. The quantitative estimate of drug-likeness (QED) is 0.750. The first kappa shape index (κ1) is 21.9. The van der Waals surface area contributed by atoms with Gasteiger partial charge in [-0.25, -0.2) is 0 Å². The summed E-state index contributed by atoms with van der Waals surface area (Å²) in [5, 5.41) is 20.1. The molecule has 0 amide bonds. The molecular formula is C23H23F3N4O3. The van der Waals surface area contributed by atoms with Gasteiger partial charge >= 0.3 is 12.1 Å². The minimum atomic E-state index is -4.66. The van der Waals surface area contributed by atoms with Gasteiger partial charge in [0.25, 0.3) is 0 Å². The number of hydrogen-bond donors (Lipinski definition) is 1. The highest BCUT2D eigenvalue weighted by molar-refractivity contribution is 5.96. The zero-order valence-corrected chi connectivity index (χ0v) is 18.0. The normalized spacial score (nSPS) is 31.9. The first-order valence-electron chi connectivity index (χ1n) is 10.8. The molecule has 10 heteroatoms. The number of alkyl halides is 3. The number of fused-ring (bicyclic) bond motifs is 2. The molecule has 1 aromatic heterocycles. The second-order valence-corrected chi connectivity index (χ2v) is 9.31. The van der Waals surface area contributed by atoms with Crippen LogP contribution < -0.4 is 4.90 Å². The van der Waals surface area contributed by atoms with Gasteiger partial charge in [-0.15, -0.1) is 0 Å². The zero-order chi connectivity index (χ0) is 23.6. The number of anilines is 1. The molecule has 2 aromatic rings. The lowest BCUT2D eigenvalue weighted by Gasteiger charge is -2.38. The number of likely N-dealkylation sites (N-methyl/N-ethyl adjacent to an activating group) is 1. The number of pyridine rings is 1. The molecule has 3 aliphatic rings. The van der Waals surface area contributed by atoms with Gasteiger partial charge in [-0.1, -0.05) is 0 Å². The molecule has 174 valence electrons. The van der Waals surface area contributed by atoms with Gasteiger partial charge in [0.1, 0.15) is 16.9 Å². The minimum absolute atomic E-state index is 0.163. The second-order valence-electron chi connectivity index (χ2n) is 9.31. The van der Waals surface area contributed by atoms with Crippen LogP contribution >= 0.6 is 0 Å². The predicted octanol–water partition coefficient (Wildman–Crippen LogP) is 3.04. The summed E-state index contributed by atoms with van der Waals surface area (Å²) >= 11 is 0. The first-order chi connectivity index (χ1) is 15.6. The molecule has 7 nitrogen and oxygen atoms in total. The van der Waals surface area contributed by atoms with Crippen molar-refractivity contribution in [3.8, 4) is 6.07 Å². The number of carboxylic acid groups (broad SMARTS) is 1. The number of piperidine rings is 1. The Labute approximate surface area is 188 Å². The van der Waals surface area contributed by atoms with E-state index >= 15 is 0 Å². The largest absolute Gasteiger partial charge is 0.481 e.